The molecule has 3 aromatic heterocycles. The highest BCUT2D eigenvalue weighted by Crippen LogP contribution is 2.32. The van der Waals surface area contributed by atoms with Gasteiger partial charge in [-0.05, 0) is 41.5 Å². The number of benzene rings is 4. The molecule has 0 aliphatic heterocycles. The predicted molar refractivity (Wildman–Crippen MR) is 151 cm³/mol. The van der Waals surface area contributed by atoms with E-state index >= 15 is 0 Å². The quantitative estimate of drug-likeness (QED) is 0.254. The van der Waals surface area contributed by atoms with Crippen LogP contribution in [0.4, 0.5) is 0 Å². The van der Waals surface area contributed by atoms with Gasteiger partial charge in [0.05, 0.1) is 29.0 Å². The Morgan fingerprint density at radius 1 is 0.541 bits per heavy atom. The summed E-state index contributed by atoms with van der Waals surface area (Å²) in [5, 5.41) is 7.50. The van der Waals surface area contributed by atoms with E-state index in [1.807, 2.05) is 18.2 Å². The molecular weight excluding hydrogens is 452 g/mol. The van der Waals surface area contributed by atoms with E-state index in [2.05, 4.69) is 125 Å². The zero-order valence-corrected chi connectivity index (χ0v) is 20.2. The summed E-state index contributed by atoms with van der Waals surface area (Å²) in [6.07, 6.45) is 0. The molecular formula is C33H24N4. The first-order chi connectivity index (χ1) is 18.3. The van der Waals surface area contributed by atoms with Crippen molar-refractivity contribution >= 4 is 21.8 Å². The van der Waals surface area contributed by atoms with Crippen LogP contribution in [0.15, 0.2) is 133 Å². The SMILES string of the molecule is c1ccc(Cn2nc(-c3cccc(-n4c5ccccc5c5ccccc54)n3)cc2-c2ccccc2)cc1. The fourth-order valence-corrected chi connectivity index (χ4v) is 5.12. The van der Waals surface area contributed by atoms with E-state index in [-0.39, 0.29) is 0 Å². The van der Waals surface area contributed by atoms with Gasteiger partial charge in [-0.2, -0.15) is 5.10 Å². The molecule has 3 heterocycles. The summed E-state index contributed by atoms with van der Waals surface area (Å²) in [5.41, 5.74) is 7.42. The van der Waals surface area contributed by atoms with E-state index in [1.165, 1.54) is 16.3 Å². The van der Waals surface area contributed by atoms with Gasteiger partial charge in [0.25, 0.3) is 0 Å². The van der Waals surface area contributed by atoms with Crippen LogP contribution in [0.1, 0.15) is 5.56 Å². The van der Waals surface area contributed by atoms with Crippen molar-refractivity contribution in [3.8, 4) is 28.5 Å². The minimum absolute atomic E-state index is 0.692. The highest BCUT2D eigenvalue weighted by atomic mass is 15.3. The third-order valence-electron chi connectivity index (χ3n) is 6.83. The van der Waals surface area contributed by atoms with Crippen LogP contribution in [0.3, 0.4) is 0 Å². The largest absolute Gasteiger partial charge is 0.294 e. The first kappa shape index (κ1) is 21.3. The highest BCUT2D eigenvalue weighted by Gasteiger charge is 2.16. The second-order valence-electron chi connectivity index (χ2n) is 9.17. The zero-order chi connectivity index (χ0) is 24.6. The molecule has 37 heavy (non-hydrogen) atoms. The maximum absolute atomic E-state index is 5.13. The summed E-state index contributed by atoms with van der Waals surface area (Å²) in [4.78, 5) is 5.13. The van der Waals surface area contributed by atoms with E-state index in [4.69, 9.17) is 10.1 Å². The Morgan fingerprint density at radius 3 is 1.86 bits per heavy atom. The summed E-state index contributed by atoms with van der Waals surface area (Å²) in [7, 11) is 0. The molecule has 0 aliphatic rings. The van der Waals surface area contributed by atoms with E-state index in [1.54, 1.807) is 0 Å². The first-order valence-electron chi connectivity index (χ1n) is 12.5. The average molecular weight is 477 g/mol. The number of nitrogens with zero attached hydrogens (tertiary/aromatic N) is 4. The van der Waals surface area contributed by atoms with E-state index < -0.39 is 0 Å². The number of aromatic nitrogens is 4. The molecule has 176 valence electrons. The summed E-state index contributed by atoms with van der Waals surface area (Å²) >= 11 is 0. The van der Waals surface area contributed by atoms with Crippen LogP contribution < -0.4 is 0 Å². The van der Waals surface area contributed by atoms with Crippen LogP contribution in [-0.4, -0.2) is 19.3 Å². The van der Waals surface area contributed by atoms with Gasteiger partial charge in [-0.3, -0.25) is 9.25 Å². The van der Waals surface area contributed by atoms with Gasteiger partial charge in [0.1, 0.15) is 11.5 Å². The molecule has 7 aromatic rings. The van der Waals surface area contributed by atoms with Crippen molar-refractivity contribution in [2.75, 3.05) is 0 Å². The Bertz CT molecular complexity index is 1790. The first-order valence-corrected chi connectivity index (χ1v) is 12.5. The third-order valence-corrected chi connectivity index (χ3v) is 6.83. The normalized spacial score (nSPS) is 11.4. The molecule has 0 amide bonds. The van der Waals surface area contributed by atoms with Crippen LogP contribution in [-0.2, 0) is 6.54 Å². The lowest BCUT2D eigenvalue weighted by molar-refractivity contribution is 0.696. The van der Waals surface area contributed by atoms with Gasteiger partial charge in [0.2, 0.25) is 0 Å². The Hall–Kier alpha value is -4.96. The molecule has 0 N–H and O–H groups in total. The second-order valence-corrected chi connectivity index (χ2v) is 9.17. The molecule has 0 atom stereocenters. The van der Waals surface area contributed by atoms with Crippen LogP contribution in [0, 0.1) is 0 Å². The van der Waals surface area contributed by atoms with E-state index in [0.717, 1.165) is 39.5 Å². The monoisotopic (exact) mass is 476 g/mol. The number of pyridine rings is 1. The summed E-state index contributed by atoms with van der Waals surface area (Å²) in [5.74, 6) is 0.883. The van der Waals surface area contributed by atoms with Crippen LogP contribution >= 0.6 is 0 Å². The molecule has 0 aliphatic carbocycles. The smallest absolute Gasteiger partial charge is 0.138 e. The van der Waals surface area contributed by atoms with Gasteiger partial charge in [-0.25, -0.2) is 4.98 Å². The molecule has 7 rings (SSSR count). The molecule has 0 unspecified atom stereocenters. The minimum atomic E-state index is 0.692. The number of para-hydroxylation sites is 2. The van der Waals surface area contributed by atoms with Gasteiger partial charge in [0.15, 0.2) is 0 Å². The number of hydrogen-bond acceptors (Lipinski definition) is 2. The maximum atomic E-state index is 5.13. The highest BCUT2D eigenvalue weighted by molar-refractivity contribution is 6.09. The molecule has 4 aromatic carbocycles. The van der Waals surface area contributed by atoms with Gasteiger partial charge in [-0.15, -0.1) is 0 Å². The fraction of sp³-hybridized carbons (Fsp3) is 0.0303. The molecule has 0 spiro atoms. The zero-order valence-electron chi connectivity index (χ0n) is 20.2. The van der Waals surface area contributed by atoms with Crippen molar-refractivity contribution in [3.63, 3.8) is 0 Å². The Morgan fingerprint density at radius 2 is 1.16 bits per heavy atom. The number of hydrogen-bond donors (Lipinski definition) is 0. The molecule has 4 heteroatoms. The van der Waals surface area contributed by atoms with Gasteiger partial charge >= 0.3 is 0 Å². The Kier molecular flexibility index (Phi) is 5.14. The van der Waals surface area contributed by atoms with Crippen molar-refractivity contribution in [1.82, 2.24) is 19.3 Å². The van der Waals surface area contributed by atoms with Crippen molar-refractivity contribution in [3.05, 3.63) is 139 Å². The van der Waals surface area contributed by atoms with Crippen molar-refractivity contribution in [2.24, 2.45) is 0 Å². The standard InChI is InChI=1S/C33H24N4/c1-3-12-24(13-4-1)23-36-32(25-14-5-2-6-15-25)22-29(35-36)28-18-11-21-33(34-28)37-30-19-9-7-16-26(30)27-17-8-10-20-31(27)37/h1-22H,23H2. The minimum Gasteiger partial charge on any atom is -0.294 e. The molecule has 0 saturated heterocycles. The van der Waals surface area contributed by atoms with Gasteiger partial charge < -0.3 is 0 Å². The van der Waals surface area contributed by atoms with Crippen molar-refractivity contribution in [1.29, 1.82) is 0 Å². The molecule has 0 fully saturated rings. The summed E-state index contributed by atoms with van der Waals surface area (Å²) < 4.78 is 4.32. The maximum Gasteiger partial charge on any atom is 0.138 e. The fourth-order valence-electron chi connectivity index (χ4n) is 5.12. The lowest BCUT2D eigenvalue weighted by atomic mass is 10.1. The van der Waals surface area contributed by atoms with Crippen molar-refractivity contribution < 1.29 is 0 Å². The Labute approximate surface area is 215 Å². The predicted octanol–water partition coefficient (Wildman–Crippen LogP) is 7.76. The van der Waals surface area contributed by atoms with Crippen molar-refractivity contribution in [2.45, 2.75) is 6.54 Å². The van der Waals surface area contributed by atoms with Crippen LogP contribution in [0.5, 0.6) is 0 Å². The molecule has 0 radical (unpaired) electrons. The topological polar surface area (TPSA) is 35.6 Å². The van der Waals surface area contributed by atoms with Crippen LogP contribution in [0.25, 0.3) is 50.3 Å². The van der Waals surface area contributed by atoms with E-state index in [9.17, 15) is 0 Å². The average Bonchev–Trinajstić information content (AvgIpc) is 3.54. The lowest BCUT2D eigenvalue weighted by Gasteiger charge is -2.08. The lowest BCUT2D eigenvalue weighted by Crippen LogP contribution is -2.04. The second kappa shape index (κ2) is 8.92. The summed E-state index contributed by atoms with van der Waals surface area (Å²) in [6, 6.07) is 46.2. The number of fused-ring (bicyclic) bond motifs is 3. The van der Waals surface area contributed by atoms with E-state index in [0.29, 0.717) is 6.54 Å². The Balaban J connectivity index is 1.38. The molecule has 0 saturated carbocycles. The molecule has 0 bridgehead atoms. The number of rotatable bonds is 5. The van der Waals surface area contributed by atoms with Gasteiger partial charge in [-0.1, -0.05) is 103 Å². The third kappa shape index (κ3) is 3.80. The van der Waals surface area contributed by atoms with Gasteiger partial charge in [0, 0.05) is 10.8 Å². The molecule has 4 nitrogen and oxygen atoms in total. The van der Waals surface area contributed by atoms with Crippen LogP contribution in [0.2, 0.25) is 0 Å². The summed E-state index contributed by atoms with van der Waals surface area (Å²) in [6.45, 7) is 0.692.